The fourth-order valence-corrected chi connectivity index (χ4v) is 5.43. The van der Waals surface area contributed by atoms with Crippen molar-refractivity contribution in [2.24, 2.45) is 10.9 Å². The highest BCUT2D eigenvalue weighted by molar-refractivity contribution is 7.99. The first-order valence-corrected chi connectivity index (χ1v) is 13.9. The van der Waals surface area contributed by atoms with Gasteiger partial charge >= 0.3 is 0 Å². The third-order valence-corrected chi connectivity index (χ3v) is 7.79. The second-order valence-corrected chi connectivity index (χ2v) is 10.7. The van der Waals surface area contributed by atoms with Gasteiger partial charge in [-0.2, -0.15) is 0 Å². The van der Waals surface area contributed by atoms with Gasteiger partial charge in [0.25, 0.3) is 0 Å². The molecule has 1 heterocycles. The van der Waals surface area contributed by atoms with Gasteiger partial charge in [-0.15, -0.1) is 11.8 Å². The number of amides is 1. The molecule has 2 rings (SSSR count). The van der Waals surface area contributed by atoms with E-state index in [9.17, 15) is 4.79 Å². The topological polar surface area (TPSA) is 53.9 Å². The quantitative estimate of drug-likeness (QED) is 0.138. The predicted molar refractivity (Wildman–Crippen MR) is 147 cm³/mol. The van der Waals surface area contributed by atoms with Crippen LogP contribution < -0.4 is 5.32 Å². The summed E-state index contributed by atoms with van der Waals surface area (Å²) in [7, 11) is 0. The summed E-state index contributed by atoms with van der Waals surface area (Å²) in [6.45, 7) is 21.3. The first kappa shape index (κ1) is 28.6. The molecule has 1 aromatic carbocycles. The zero-order chi connectivity index (χ0) is 24.9. The van der Waals surface area contributed by atoms with Gasteiger partial charge in [-0.25, -0.2) is 0 Å². The molecule has 1 saturated heterocycles. The smallest absolute Gasteiger partial charge is 0.220 e. The first-order chi connectivity index (χ1) is 16.4. The molecule has 1 aliphatic rings. The van der Waals surface area contributed by atoms with Crippen LogP contribution in [0.15, 0.2) is 40.2 Å². The monoisotopic (exact) mass is 487 g/mol. The van der Waals surface area contributed by atoms with Crippen molar-refractivity contribution >= 4 is 30.1 Å². The van der Waals surface area contributed by atoms with Crippen LogP contribution in [-0.4, -0.2) is 62.2 Å². The third kappa shape index (κ3) is 9.55. The largest absolute Gasteiger partial charge is 0.381 e. The number of rotatable bonds is 15. The number of likely N-dealkylation sites (N-methyl/N-ethyl adjacent to an activating group) is 1. The minimum Gasteiger partial charge on any atom is -0.381 e. The lowest BCUT2D eigenvalue weighted by Crippen LogP contribution is -2.43. The molecule has 1 N–H and O–H groups in total. The zero-order valence-corrected chi connectivity index (χ0v) is 22.6. The van der Waals surface area contributed by atoms with E-state index in [1.807, 2.05) is 6.07 Å². The van der Waals surface area contributed by atoms with Crippen molar-refractivity contribution in [2.45, 2.75) is 76.7 Å². The molecule has 0 spiro atoms. The number of carbonyl (C=O) groups is 1. The number of hydrogen-bond donors (Lipinski definition) is 1. The van der Waals surface area contributed by atoms with E-state index < -0.39 is 0 Å². The lowest BCUT2D eigenvalue weighted by Gasteiger charge is -2.32. The minimum absolute atomic E-state index is 0.144. The Labute approximate surface area is 211 Å². The Balaban J connectivity index is 1.88. The standard InChI is InChI=1S/C28H45N3O2S/c1-7-31(8-2)20-22(5)18-26(23-13-15-33-16-14-23)30-28(32)10-9-17-34-27-19-24(21(3)4)11-12-25(27)29-6/h11-12,19,21,23,26H,5-10,13-18,20H2,1-4H3,(H,30,32). The number of benzene rings is 1. The summed E-state index contributed by atoms with van der Waals surface area (Å²) in [5.74, 6) is 1.96. The molecule has 1 aliphatic heterocycles. The molecule has 5 nitrogen and oxygen atoms in total. The Kier molecular flexibility index (Phi) is 12.9. The normalized spacial score (nSPS) is 15.5. The van der Waals surface area contributed by atoms with Crippen molar-refractivity contribution in [3.63, 3.8) is 0 Å². The van der Waals surface area contributed by atoms with Gasteiger partial charge in [0.1, 0.15) is 0 Å². The van der Waals surface area contributed by atoms with Crippen molar-refractivity contribution in [2.75, 3.05) is 38.6 Å². The highest BCUT2D eigenvalue weighted by Gasteiger charge is 2.26. The number of aliphatic imine (C=N–C) groups is 1. The number of carbonyl (C=O) groups excluding carboxylic acids is 1. The van der Waals surface area contributed by atoms with Crippen LogP contribution in [0, 0.1) is 5.92 Å². The van der Waals surface area contributed by atoms with Crippen LogP contribution in [0.1, 0.15) is 71.3 Å². The van der Waals surface area contributed by atoms with Crippen molar-refractivity contribution < 1.29 is 9.53 Å². The summed E-state index contributed by atoms with van der Waals surface area (Å²) >= 11 is 1.76. The maximum Gasteiger partial charge on any atom is 0.220 e. The van der Waals surface area contributed by atoms with Gasteiger partial charge in [-0.3, -0.25) is 14.7 Å². The number of hydrogen-bond acceptors (Lipinski definition) is 5. The van der Waals surface area contributed by atoms with Gasteiger partial charge in [0.05, 0.1) is 5.69 Å². The van der Waals surface area contributed by atoms with Crippen LogP contribution in [-0.2, 0) is 9.53 Å². The Hall–Kier alpha value is -1.63. The van der Waals surface area contributed by atoms with Gasteiger partial charge in [0, 0.05) is 37.1 Å². The minimum atomic E-state index is 0.144. The molecule has 1 atom stereocenters. The molecule has 1 fully saturated rings. The molecular formula is C28H45N3O2S. The molecule has 0 saturated carbocycles. The highest BCUT2D eigenvalue weighted by atomic mass is 32.2. The van der Waals surface area contributed by atoms with Crippen molar-refractivity contribution in [1.82, 2.24) is 10.2 Å². The number of nitrogens with one attached hydrogen (secondary N) is 1. The second kappa shape index (κ2) is 15.4. The summed E-state index contributed by atoms with van der Waals surface area (Å²) in [6.07, 6.45) is 4.22. The van der Waals surface area contributed by atoms with Gasteiger partial charge in [-0.1, -0.05) is 45.9 Å². The van der Waals surface area contributed by atoms with E-state index in [1.54, 1.807) is 11.8 Å². The highest BCUT2D eigenvalue weighted by Crippen LogP contribution is 2.33. The van der Waals surface area contributed by atoms with Crippen LogP contribution in [0.3, 0.4) is 0 Å². The lowest BCUT2D eigenvalue weighted by atomic mass is 9.87. The molecule has 6 heteroatoms. The predicted octanol–water partition coefficient (Wildman–Crippen LogP) is 6.21. The molecule has 190 valence electrons. The van der Waals surface area contributed by atoms with Gasteiger partial charge in [-0.05, 0) is 80.8 Å². The SMILES string of the molecule is C=Nc1ccc(C(C)C)cc1SCCCC(=O)NC(CC(=C)CN(CC)CC)C1CCOCC1. The van der Waals surface area contributed by atoms with Gasteiger partial charge in [0.15, 0.2) is 0 Å². The van der Waals surface area contributed by atoms with Crippen molar-refractivity contribution in [3.8, 4) is 0 Å². The molecule has 0 bridgehead atoms. The maximum absolute atomic E-state index is 12.9. The van der Waals surface area contributed by atoms with Crippen LogP contribution in [0.5, 0.6) is 0 Å². The Bertz CT molecular complexity index is 786. The maximum atomic E-state index is 12.9. The Morgan fingerprint density at radius 2 is 1.97 bits per heavy atom. The zero-order valence-electron chi connectivity index (χ0n) is 21.8. The molecular weight excluding hydrogens is 442 g/mol. The summed E-state index contributed by atoms with van der Waals surface area (Å²) in [5, 5.41) is 3.36. The van der Waals surface area contributed by atoms with Crippen molar-refractivity contribution in [3.05, 3.63) is 35.9 Å². The van der Waals surface area contributed by atoms with Gasteiger partial charge in [0.2, 0.25) is 5.91 Å². The summed E-state index contributed by atoms with van der Waals surface area (Å²) in [5.41, 5.74) is 3.42. The van der Waals surface area contributed by atoms with E-state index in [2.05, 4.69) is 68.3 Å². The van der Waals surface area contributed by atoms with Crippen LogP contribution in [0.4, 0.5) is 5.69 Å². The molecule has 34 heavy (non-hydrogen) atoms. The molecule has 0 aliphatic carbocycles. The van der Waals surface area contributed by atoms with Crippen LogP contribution in [0.25, 0.3) is 0 Å². The number of thioether (sulfide) groups is 1. The second-order valence-electron chi connectivity index (χ2n) is 9.53. The molecule has 0 aromatic heterocycles. The van der Waals surface area contributed by atoms with E-state index >= 15 is 0 Å². The number of nitrogens with zero attached hydrogens (tertiary/aromatic N) is 2. The summed E-state index contributed by atoms with van der Waals surface area (Å²) in [4.78, 5) is 20.6. The fourth-order valence-electron chi connectivity index (χ4n) is 4.42. The van der Waals surface area contributed by atoms with E-state index in [0.717, 1.165) is 74.9 Å². The Morgan fingerprint density at radius 1 is 1.26 bits per heavy atom. The molecule has 1 aromatic rings. The average Bonchev–Trinajstić information content (AvgIpc) is 2.85. The molecule has 1 unspecified atom stereocenters. The van der Waals surface area contributed by atoms with E-state index in [4.69, 9.17) is 4.74 Å². The van der Waals surface area contributed by atoms with Gasteiger partial charge < -0.3 is 10.1 Å². The lowest BCUT2D eigenvalue weighted by molar-refractivity contribution is -0.122. The average molecular weight is 488 g/mol. The van der Waals surface area contributed by atoms with Crippen LogP contribution in [0.2, 0.25) is 0 Å². The molecule has 0 radical (unpaired) electrons. The third-order valence-electron chi connectivity index (χ3n) is 6.66. The van der Waals surface area contributed by atoms with Crippen molar-refractivity contribution in [1.29, 1.82) is 0 Å². The van der Waals surface area contributed by atoms with E-state index in [0.29, 0.717) is 18.3 Å². The summed E-state index contributed by atoms with van der Waals surface area (Å²) in [6, 6.07) is 6.52. The Morgan fingerprint density at radius 3 is 2.59 bits per heavy atom. The fraction of sp³-hybridized carbons (Fsp3) is 0.643. The molecule has 1 amide bonds. The first-order valence-electron chi connectivity index (χ1n) is 12.9. The van der Waals surface area contributed by atoms with E-state index in [1.165, 1.54) is 11.1 Å². The number of ether oxygens (including phenoxy) is 1. The van der Waals surface area contributed by atoms with Crippen LogP contribution >= 0.6 is 11.8 Å². The van der Waals surface area contributed by atoms with E-state index in [-0.39, 0.29) is 11.9 Å². The summed E-state index contributed by atoms with van der Waals surface area (Å²) < 4.78 is 5.56.